The first-order chi connectivity index (χ1) is 9.63. The fourth-order valence-electron chi connectivity index (χ4n) is 2.09. The van der Waals surface area contributed by atoms with Crippen LogP contribution in [0.15, 0.2) is 46.9 Å². The zero-order valence-electron chi connectivity index (χ0n) is 10.9. The van der Waals surface area contributed by atoms with E-state index in [1.807, 2.05) is 24.3 Å². The summed E-state index contributed by atoms with van der Waals surface area (Å²) in [4.78, 5) is 0. The van der Waals surface area contributed by atoms with Crippen molar-refractivity contribution >= 4 is 15.9 Å². The monoisotopic (exact) mass is 335 g/mol. The fraction of sp³-hybridized carbons (Fsp3) is 0.250. The Morgan fingerprint density at radius 2 is 2.00 bits per heavy atom. The Labute approximate surface area is 125 Å². The first kappa shape index (κ1) is 13.6. The van der Waals surface area contributed by atoms with Gasteiger partial charge in [-0.15, -0.1) is 0 Å². The average molecular weight is 336 g/mol. The van der Waals surface area contributed by atoms with E-state index in [0.29, 0.717) is 6.10 Å². The van der Waals surface area contributed by atoms with E-state index in [4.69, 9.17) is 10.5 Å². The molecule has 2 nitrogen and oxygen atoms in total. The molecule has 0 aliphatic heterocycles. The smallest absolute Gasteiger partial charge is 0.123 e. The summed E-state index contributed by atoms with van der Waals surface area (Å²) in [5.41, 5.74) is 7.89. The third kappa shape index (κ3) is 3.02. The minimum Gasteiger partial charge on any atom is -0.490 e. The van der Waals surface area contributed by atoms with E-state index in [0.717, 1.165) is 34.2 Å². The van der Waals surface area contributed by atoms with Crippen molar-refractivity contribution < 1.29 is 9.13 Å². The van der Waals surface area contributed by atoms with Gasteiger partial charge in [0.05, 0.1) is 12.1 Å². The van der Waals surface area contributed by atoms with Gasteiger partial charge in [-0.05, 0) is 54.3 Å². The molecule has 0 amide bonds. The minimum atomic E-state index is -0.386. The van der Waals surface area contributed by atoms with Crippen LogP contribution in [0.25, 0.3) is 0 Å². The number of hydrogen-bond acceptors (Lipinski definition) is 2. The topological polar surface area (TPSA) is 35.2 Å². The standard InChI is InChI=1S/C16H15BrFNO/c17-15-7-4-11(18)9-14(15)16(19)10-2-1-3-13(8-10)20-12-5-6-12/h1-4,7-9,12,16H,5-6,19H2. The molecule has 0 aromatic heterocycles. The molecule has 20 heavy (non-hydrogen) atoms. The summed E-state index contributed by atoms with van der Waals surface area (Å²) in [5.74, 6) is 0.539. The summed E-state index contributed by atoms with van der Waals surface area (Å²) < 4.78 is 20.0. The largest absolute Gasteiger partial charge is 0.490 e. The molecule has 0 bridgehead atoms. The van der Waals surface area contributed by atoms with Crippen molar-refractivity contribution in [2.45, 2.75) is 25.0 Å². The van der Waals surface area contributed by atoms with Crippen LogP contribution in [-0.4, -0.2) is 6.10 Å². The molecule has 0 heterocycles. The number of rotatable bonds is 4. The van der Waals surface area contributed by atoms with Gasteiger partial charge in [0, 0.05) is 4.47 Å². The second-order valence-electron chi connectivity index (χ2n) is 5.03. The highest BCUT2D eigenvalue weighted by molar-refractivity contribution is 9.10. The Morgan fingerprint density at radius 1 is 1.20 bits per heavy atom. The summed E-state index contributed by atoms with van der Waals surface area (Å²) in [6.45, 7) is 0. The van der Waals surface area contributed by atoms with Gasteiger partial charge in [0.2, 0.25) is 0 Å². The number of hydrogen-bond donors (Lipinski definition) is 1. The maximum Gasteiger partial charge on any atom is 0.123 e. The lowest BCUT2D eigenvalue weighted by Crippen LogP contribution is -2.13. The molecule has 0 radical (unpaired) electrons. The summed E-state index contributed by atoms with van der Waals surface area (Å²) >= 11 is 3.42. The minimum absolute atomic E-state index is 0.288. The van der Waals surface area contributed by atoms with E-state index in [9.17, 15) is 4.39 Å². The van der Waals surface area contributed by atoms with Gasteiger partial charge in [-0.1, -0.05) is 28.1 Å². The molecular weight excluding hydrogens is 321 g/mol. The Kier molecular flexibility index (Phi) is 3.76. The van der Waals surface area contributed by atoms with Gasteiger partial charge in [0.25, 0.3) is 0 Å². The van der Waals surface area contributed by atoms with Crippen molar-refractivity contribution in [3.63, 3.8) is 0 Å². The predicted molar refractivity (Wildman–Crippen MR) is 80.2 cm³/mol. The zero-order chi connectivity index (χ0) is 14.1. The van der Waals surface area contributed by atoms with Crippen LogP contribution in [0.2, 0.25) is 0 Å². The quantitative estimate of drug-likeness (QED) is 0.909. The molecule has 1 aliphatic rings. The van der Waals surface area contributed by atoms with Crippen LogP contribution in [0.3, 0.4) is 0 Å². The van der Waals surface area contributed by atoms with Crippen molar-refractivity contribution in [1.82, 2.24) is 0 Å². The predicted octanol–water partition coefficient (Wildman–Crippen LogP) is 4.18. The Bertz CT molecular complexity index is 628. The summed E-state index contributed by atoms with van der Waals surface area (Å²) in [6, 6.07) is 11.9. The van der Waals surface area contributed by atoms with Crippen LogP contribution < -0.4 is 10.5 Å². The molecule has 104 valence electrons. The maximum absolute atomic E-state index is 13.4. The van der Waals surface area contributed by atoms with Crippen LogP contribution in [0.4, 0.5) is 4.39 Å². The van der Waals surface area contributed by atoms with E-state index in [-0.39, 0.29) is 11.9 Å². The van der Waals surface area contributed by atoms with Gasteiger partial charge >= 0.3 is 0 Å². The Morgan fingerprint density at radius 3 is 2.75 bits per heavy atom. The third-order valence-electron chi connectivity index (χ3n) is 3.34. The summed E-state index contributed by atoms with van der Waals surface area (Å²) in [6.07, 6.45) is 2.58. The maximum atomic E-state index is 13.4. The molecular formula is C16H15BrFNO. The van der Waals surface area contributed by atoms with Crippen LogP contribution in [0.1, 0.15) is 30.0 Å². The first-order valence-electron chi connectivity index (χ1n) is 6.60. The number of benzene rings is 2. The van der Waals surface area contributed by atoms with Crippen molar-refractivity contribution in [1.29, 1.82) is 0 Å². The lowest BCUT2D eigenvalue weighted by atomic mass is 9.99. The molecule has 0 spiro atoms. The van der Waals surface area contributed by atoms with Crippen LogP contribution >= 0.6 is 15.9 Å². The Balaban J connectivity index is 1.88. The van der Waals surface area contributed by atoms with Gasteiger partial charge < -0.3 is 10.5 Å². The van der Waals surface area contributed by atoms with Crippen LogP contribution in [0.5, 0.6) is 5.75 Å². The molecule has 4 heteroatoms. The van der Waals surface area contributed by atoms with Gasteiger partial charge in [-0.2, -0.15) is 0 Å². The molecule has 1 atom stereocenters. The van der Waals surface area contributed by atoms with Crippen LogP contribution in [-0.2, 0) is 0 Å². The average Bonchev–Trinajstić information content (AvgIpc) is 3.25. The van der Waals surface area contributed by atoms with E-state index < -0.39 is 0 Å². The lowest BCUT2D eigenvalue weighted by molar-refractivity contribution is 0.303. The second kappa shape index (κ2) is 5.54. The molecule has 2 N–H and O–H groups in total. The highest BCUT2D eigenvalue weighted by Gasteiger charge is 2.23. The number of ether oxygens (including phenoxy) is 1. The summed E-state index contributed by atoms with van der Waals surface area (Å²) in [7, 11) is 0. The molecule has 2 aromatic carbocycles. The van der Waals surface area contributed by atoms with Gasteiger partial charge in [0.15, 0.2) is 0 Å². The van der Waals surface area contributed by atoms with Crippen molar-refractivity contribution in [3.05, 3.63) is 63.9 Å². The van der Waals surface area contributed by atoms with Crippen molar-refractivity contribution in [3.8, 4) is 5.75 Å². The molecule has 1 unspecified atom stereocenters. The first-order valence-corrected chi connectivity index (χ1v) is 7.40. The van der Waals surface area contributed by atoms with E-state index in [1.165, 1.54) is 12.1 Å². The molecule has 1 fully saturated rings. The van der Waals surface area contributed by atoms with Gasteiger partial charge in [0.1, 0.15) is 11.6 Å². The van der Waals surface area contributed by atoms with Gasteiger partial charge in [-0.25, -0.2) is 4.39 Å². The summed E-state index contributed by atoms with van der Waals surface area (Å²) in [5, 5.41) is 0. The fourth-order valence-corrected chi connectivity index (χ4v) is 2.59. The van der Waals surface area contributed by atoms with E-state index in [2.05, 4.69) is 15.9 Å². The normalized spacial score (nSPS) is 15.9. The molecule has 0 saturated heterocycles. The molecule has 3 rings (SSSR count). The SMILES string of the molecule is NC(c1cccc(OC2CC2)c1)c1cc(F)ccc1Br. The zero-order valence-corrected chi connectivity index (χ0v) is 12.4. The Hall–Kier alpha value is -1.39. The molecule has 1 aliphatic carbocycles. The van der Waals surface area contributed by atoms with Crippen molar-refractivity contribution in [2.75, 3.05) is 0 Å². The molecule has 1 saturated carbocycles. The number of halogens is 2. The highest BCUT2D eigenvalue weighted by Crippen LogP contribution is 2.31. The van der Waals surface area contributed by atoms with E-state index in [1.54, 1.807) is 6.07 Å². The third-order valence-corrected chi connectivity index (χ3v) is 4.06. The highest BCUT2D eigenvalue weighted by atomic mass is 79.9. The lowest BCUT2D eigenvalue weighted by Gasteiger charge is -2.16. The molecule has 2 aromatic rings. The van der Waals surface area contributed by atoms with E-state index >= 15 is 0 Å². The second-order valence-corrected chi connectivity index (χ2v) is 5.89. The van der Waals surface area contributed by atoms with Crippen molar-refractivity contribution in [2.24, 2.45) is 5.73 Å². The van der Waals surface area contributed by atoms with Crippen LogP contribution in [0, 0.1) is 5.82 Å². The van der Waals surface area contributed by atoms with Gasteiger partial charge in [-0.3, -0.25) is 0 Å². The number of nitrogens with two attached hydrogens (primary N) is 1.